The lowest BCUT2D eigenvalue weighted by Crippen LogP contribution is -2.48. The van der Waals surface area contributed by atoms with Gasteiger partial charge in [0.15, 0.2) is 5.84 Å². The van der Waals surface area contributed by atoms with E-state index in [1.54, 1.807) is 12.1 Å². The van der Waals surface area contributed by atoms with Crippen molar-refractivity contribution in [2.24, 2.45) is 10.3 Å². The molecule has 6 nitrogen and oxygen atoms in total. The molecule has 2 saturated heterocycles. The highest BCUT2D eigenvalue weighted by Gasteiger charge is 2.36. The van der Waals surface area contributed by atoms with Crippen molar-refractivity contribution in [3.63, 3.8) is 0 Å². The van der Waals surface area contributed by atoms with E-state index in [9.17, 15) is 13.2 Å². The first-order chi connectivity index (χ1) is 12.5. The molecule has 7 heteroatoms. The molecule has 1 atom stereocenters. The number of hydrogen-bond donors (Lipinski definition) is 0. The van der Waals surface area contributed by atoms with Gasteiger partial charge in [-0.2, -0.15) is 8.42 Å². The van der Waals surface area contributed by atoms with E-state index in [1.165, 1.54) is 6.42 Å². The van der Waals surface area contributed by atoms with Gasteiger partial charge in [-0.1, -0.05) is 12.1 Å². The molecule has 0 saturated carbocycles. The van der Waals surface area contributed by atoms with Crippen molar-refractivity contribution in [1.82, 2.24) is 9.80 Å². The zero-order chi connectivity index (χ0) is 18.3. The fourth-order valence-electron chi connectivity index (χ4n) is 4.31. The fraction of sp³-hybridized carbons (Fsp3) is 0.579. The summed E-state index contributed by atoms with van der Waals surface area (Å²) in [5.41, 5.74) is 0.682. The summed E-state index contributed by atoms with van der Waals surface area (Å²) >= 11 is 0. The van der Waals surface area contributed by atoms with Gasteiger partial charge in [-0.25, -0.2) is 0 Å². The molecule has 1 unspecified atom stereocenters. The number of rotatable bonds is 1. The molecule has 1 aromatic rings. The average Bonchev–Trinajstić information content (AvgIpc) is 2.93. The molecular formula is C19H25N3O3S. The maximum atomic E-state index is 12.9. The zero-order valence-electron chi connectivity index (χ0n) is 15.1. The first-order valence-electron chi connectivity index (χ1n) is 9.47. The Labute approximate surface area is 154 Å². The average molecular weight is 375 g/mol. The van der Waals surface area contributed by atoms with Gasteiger partial charge in [-0.05, 0) is 51.2 Å². The Kier molecular flexibility index (Phi) is 4.50. The fourth-order valence-corrected chi connectivity index (χ4v) is 5.54. The number of hydrogen-bond acceptors (Lipinski definition) is 4. The Bertz CT molecular complexity index is 841. The van der Waals surface area contributed by atoms with E-state index in [2.05, 4.69) is 16.2 Å². The van der Waals surface area contributed by atoms with Crippen LogP contribution in [-0.2, 0) is 14.8 Å². The monoisotopic (exact) mass is 375 g/mol. The lowest BCUT2D eigenvalue weighted by Gasteiger charge is -2.39. The van der Waals surface area contributed by atoms with Crippen LogP contribution in [0.5, 0.6) is 0 Å². The summed E-state index contributed by atoms with van der Waals surface area (Å²) < 4.78 is 28.5. The predicted molar refractivity (Wildman–Crippen MR) is 99.5 cm³/mol. The third-order valence-electron chi connectivity index (χ3n) is 5.84. The number of sulfonamides is 1. The first-order valence-corrected chi connectivity index (χ1v) is 10.9. The Balaban J connectivity index is 1.45. The maximum absolute atomic E-state index is 12.9. The van der Waals surface area contributed by atoms with Gasteiger partial charge in [0.2, 0.25) is 5.91 Å². The second kappa shape index (κ2) is 6.68. The number of likely N-dealkylation sites (tertiary alicyclic amines) is 2. The van der Waals surface area contributed by atoms with Gasteiger partial charge < -0.3 is 9.80 Å². The molecule has 1 aromatic carbocycles. The van der Waals surface area contributed by atoms with E-state index in [1.807, 2.05) is 17.0 Å². The third kappa shape index (κ3) is 3.02. The summed E-state index contributed by atoms with van der Waals surface area (Å²) in [6, 6.07) is 7.31. The Morgan fingerprint density at radius 2 is 1.81 bits per heavy atom. The second-order valence-electron chi connectivity index (χ2n) is 7.52. The number of nitrogens with zero attached hydrogens (tertiary/aromatic N) is 3. The molecule has 0 spiro atoms. The van der Waals surface area contributed by atoms with Crippen molar-refractivity contribution < 1.29 is 13.2 Å². The van der Waals surface area contributed by atoms with Crippen molar-refractivity contribution in [1.29, 1.82) is 0 Å². The summed E-state index contributed by atoms with van der Waals surface area (Å²) in [6.07, 6.45) is 4.90. The number of amidine groups is 1. The van der Waals surface area contributed by atoms with Crippen molar-refractivity contribution >= 4 is 21.8 Å². The summed E-state index contributed by atoms with van der Waals surface area (Å²) in [7, 11) is -3.59. The van der Waals surface area contributed by atoms with E-state index in [4.69, 9.17) is 0 Å². The molecule has 0 radical (unpaired) electrons. The van der Waals surface area contributed by atoms with Gasteiger partial charge in [0.05, 0.1) is 0 Å². The minimum absolute atomic E-state index is 0.0423. The molecule has 3 aliphatic heterocycles. The summed E-state index contributed by atoms with van der Waals surface area (Å²) in [5.74, 6) is 0.858. The number of carbonyl (C=O) groups excluding carboxylic acids is 1. The quantitative estimate of drug-likeness (QED) is 0.755. The van der Waals surface area contributed by atoms with Crippen molar-refractivity contribution in [2.45, 2.75) is 50.0 Å². The van der Waals surface area contributed by atoms with Gasteiger partial charge in [-0.3, -0.25) is 4.79 Å². The summed E-state index contributed by atoms with van der Waals surface area (Å²) in [4.78, 5) is 17.2. The van der Waals surface area contributed by atoms with Crippen LogP contribution in [0, 0.1) is 5.92 Å². The zero-order valence-corrected chi connectivity index (χ0v) is 15.9. The Hall–Kier alpha value is -1.89. The lowest BCUT2D eigenvalue weighted by molar-refractivity contribution is -0.140. The first kappa shape index (κ1) is 17.5. The molecule has 140 valence electrons. The Morgan fingerprint density at radius 3 is 2.54 bits per heavy atom. The minimum atomic E-state index is -3.59. The van der Waals surface area contributed by atoms with Crippen LogP contribution >= 0.6 is 0 Å². The standard InChI is InChI=1S/C19H25N3O3S/c1-14-6-4-5-11-22(14)19(23)15-9-12-21(13-10-15)18-16-7-2-3-8-17(16)26(24,25)20-18/h2-3,7-8,14-15H,4-6,9-13H2,1H3. The van der Waals surface area contributed by atoms with E-state index < -0.39 is 10.0 Å². The number of amides is 1. The molecule has 1 amide bonds. The van der Waals surface area contributed by atoms with Crippen LogP contribution in [0.25, 0.3) is 0 Å². The van der Waals surface area contributed by atoms with Crippen LogP contribution in [0.3, 0.4) is 0 Å². The highest BCUT2D eigenvalue weighted by Crippen LogP contribution is 2.30. The van der Waals surface area contributed by atoms with Gasteiger partial charge in [0.1, 0.15) is 4.90 Å². The molecule has 3 heterocycles. The Morgan fingerprint density at radius 1 is 1.08 bits per heavy atom. The minimum Gasteiger partial charge on any atom is -0.355 e. The van der Waals surface area contributed by atoms with Gasteiger partial charge in [0.25, 0.3) is 10.0 Å². The molecule has 4 rings (SSSR count). The SMILES string of the molecule is CC1CCCCN1C(=O)C1CCN(C2=NS(=O)(=O)c3ccccc32)CC1. The van der Waals surface area contributed by atoms with Crippen molar-refractivity contribution in [3.05, 3.63) is 29.8 Å². The highest BCUT2D eigenvalue weighted by atomic mass is 32.2. The normalized spacial score (nSPS) is 25.7. The van der Waals surface area contributed by atoms with Crippen LogP contribution in [-0.4, -0.2) is 55.6 Å². The number of carbonyl (C=O) groups is 1. The van der Waals surface area contributed by atoms with Crippen LogP contribution in [0.15, 0.2) is 33.6 Å². The van der Waals surface area contributed by atoms with Crippen molar-refractivity contribution in [3.8, 4) is 0 Å². The molecule has 26 heavy (non-hydrogen) atoms. The summed E-state index contributed by atoms with van der Waals surface area (Å²) in [6.45, 7) is 4.35. The molecule has 0 aliphatic carbocycles. The van der Waals surface area contributed by atoms with Crippen molar-refractivity contribution in [2.75, 3.05) is 19.6 Å². The molecule has 2 fully saturated rings. The maximum Gasteiger partial charge on any atom is 0.285 e. The number of piperidine rings is 2. The molecule has 0 aromatic heterocycles. The predicted octanol–water partition coefficient (Wildman–Crippen LogP) is 2.25. The highest BCUT2D eigenvalue weighted by molar-refractivity contribution is 7.90. The molecule has 0 N–H and O–H groups in total. The van der Waals surface area contributed by atoms with Crippen LogP contribution in [0.1, 0.15) is 44.6 Å². The van der Waals surface area contributed by atoms with Gasteiger partial charge in [-0.15, -0.1) is 4.40 Å². The van der Waals surface area contributed by atoms with Gasteiger partial charge in [0, 0.05) is 37.2 Å². The second-order valence-corrected chi connectivity index (χ2v) is 9.10. The van der Waals surface area contributed by atoms with E-state index in [0.717, 1.165) is 32.2 Å². The van der Waals surface area contributed by atoms with E-state index in [-0.39, 0.29) is 16.7 Å². The topological polar surface area (TPSA) is 70.1 Å². The van der Waals surface area contributed by atoms with E-state index in [0.29, 0.717) is 30.5 Å². The summed E-state index contributed by atoms with van der Waals surface area (Å²) in [5, 5.41) is 0. The lowest BCUT2D eigenvalue weighted by atomic mass is 9.92. The van der Waals surface area contributed by atoms with E-state index >= 15 is 0 Å². The van der Waals surface area contributed by atoms with Crippen LogP contribution in [0.2, 0.25) is 0 Å². The van der Waals surface area contributed by atoms with Gasteiger partial charge >= 0.3 is 0 Å². The smallest absolute Gasteiger partial charge is 0.285 e. The van der Waals surface area contributed by atoms with Crippen LogP contribution < -0.4 is 0 Å². The third-order valence-corrected chi connectivity index (χ3v) is 7.17. The largest absolute Gasteiger partial charge is 0.355 e. The molecular weight excluding hydrogens is 350 g/mol. The number of fused-ring (bicyclic) bond motifs is 1. The van der Waals surface area contributed by atoms with Crippen LogP contribution in [0.4, 0.5) is 0 Å². The number of benzene rings is 1. The molecule has 0 bridgehead atoms. The molecule has 3 aliphatic rings.